The fourth-order valence-electron chi connectivity index (χ4n) is 1.14. The number of rotatable bonds is 7. The standard InChI is InChI=1S/C10H19N3O6/c1-4(12-9(17)6(11)3-14)8(16)13-7(5(2)15)10(18)19/h4-7,14-15H,3,11H2,1-2H3,(H,12,17)(H,13,16)(H,18,19)/t4-,5+,6-,7-/m0/s1. The molecule has 4 atom stereocenters. The summed E-state index contributed by atoms with van der Waals surface area (Å²) in [6.45, 7) is 1.95. The average Bonchev–Trinajstić information content (AvgIpc) is 2.33. The van der Waals surface area contributed by atoms with Crippen LogP contribution in [-0.2, 0) is 14.4 Å². The Labute approximate surface area is 109 Å². The van der Waals surface area contributed by atoms with E-state index in [2.05, 4.69) is 10.6 Å². The van der Waals surface area contributed by atoms with E-state index in [1.165, 1.54) is 13.8 Å². The van der Waals surface area contributed by atoms with E-state index in [-0.39, 0.29) is 0 Å². The number of carbonyl (C=O) groups is 3. The molecule has 0 aliphatic carbocycles. The molecule has 0 fully saturated rings. The van der Waals surface area contributed by atoms with Gasteiger partial charge in [-0.2, -0.15) is 0 Å². The van der Waals surface area contributed by atoms with Crippen LogP contribution in [0.15, 0.2) is 0 Å². The quantitative estimate of drug-likeness (QED) is 0.285. The first-order valence-corrected chi connectivity index (χ1v) is 5.58. The Morgan fingerprint density at radius 3 is 2.05 bits per heavy atom. The van der Waals surface area contributed by atoms with Crippen molar-refractivity contribution in [2.75, 3.05) is 6.61 Å². The highest BCUT2D eigenvalue weighted by atomic mass is 16.4. The number of hydrogen-bond acceptors (Lipinski definition) is 6. The Morgan fingerprint density at radius 1 is 1.16 bits per heavy atom. The molecule has 110 valence electrons. The molecule has 0 spiro atoms. The van der Waals surface area contributed by atoms with Gasteiger partial charge in [-0.25, -0.2) is 4.79 Å². The summed E-state index contributed by atoms with van der Waals surface area (Å²) in [5, 5.41) is 30.9. The third-order valence-electron chi connectivity index (χ3n) is 2.33. The molecule has 0 unspecified atom stereocenters. The second-order valence-electron chi connectivity index (χ2n) is 4.08. The smallest absolute Gasteiger partial charge is 0.328 e. The average molecular weight is 277 g/mol. The van der Waals surface area contributed by atoms with Gasteiger partial charge in [0.15, 0.2) is 6.04 Å². The van der Waals surface area contributed by atoms with Gasteiger partial charge < -0.3 is 31.7 Å². The summed E-state index contributed by atoms with van der Waals surface area (Å²) in [5.74, 6) is -2.92. The molecule has 0 aromatic carbocycles. The summed E-state index contributed by atoms with van der Waals surface area (Å²) in [5.41, 5.74) is 5.23. The second kappa shape index (κ2) is 7.67. The molecule has 9 heteroatoms. The molecule has 0 bridgehead atoms. The minimum absolute atomic E-state index is 0.578. The third-order valence-corrected chi connectivity index (χ3v) is 2.33. The first kappa shape index (κ1) is 17.3. The van der Waals surface area contributed by atoms with Crippen LogP contribution in [-0.4, -0.2) is 63.9 Å². The summed E-state index contributed by atoms with van der Waals surface area (Å²) in [6, 6.07) is -3.69. The molecule has 0 aliphatic rings. The normalized spacial score (nSPS) is 16.9. The Bertz CT molecular complexity index is 346. The molecule has 0 heterocycles. The zero-order chi connectivity index (χ0) is 15.2. The minimum atomic E-state index is -1.47. The van der Waals surface area contributed by atoms with E-state index in [1.54, 1.807) is 0 Å². The highest BCUT2D eigenvalue weighted by Gasteiger charge is 2.28. The first-order valence-electron chi connectivity index (χ1n) is 5.58. The molecule has 19 heavy (non-hydrogen) atoms. The van der Waals surface area contributed by atoms with Crippen LogP contribution < -0.4 is 16.4 Å². The minimum Gasteiger partial charge on any atom is -0.480 e. The van der Waals surface area contributed by atoms with E-state index in [9.17, 15) is 19.5 Å². The van der Waals surface area contributed by atoms with Gasteiger partial charge in [0.1, 0.15) is 12.1 Å². The maximum Gasteiger partial charge on any atom is 0.328 e. The predicted octanol–water partition coefficient (Wildman–Crippen LogP) is -3.24. The molecule has 0 radical (unpaired) electrons. The van der Waals surface area contributed by atoms with Crippen molar-refractivity contribution in [2.24, 2.45) is 5.73 Å². The highest BCUT2D eigenvalue weighted by Crippen LogP contribution is 1.95. The number of carbonyl (C=O) groups excluding carboxylic acids is 2. The lowest BCUT2D eigenvalue weighted by Gasteiger charge is -2.21. The lowest BCUT2D eigenvalue weighted by atomic mass is 10.1. The van der Waals surface area contributed by atoms with Crippen molar-refractivity contribution in [3.05, 3.63) is 0 Å². The van der Waals surface area contributed by atoms with Gasteiger partial charge >= 0.3 is 5.97 Å². The van der Waals surface area contributed by atoms with Crippen molar-refractivity contribution in [1.82, 2.24) is 10.6 Å². The Kier molecular flexibility index (Phi) is 6.98. The van der Waals surface area contributed by atoms with Crippen molar-refractivity contribution in [1.29, 1.82) is 0 Å². The van der Waals surface area contributed by atoms with Gasteiger partial charge in [0.2, 0.25) is 11.8 Å². The number of amides is 2. The second-order valence-corrected chi connectivity index (χ2v) is 4.08. The van der Waals surface area contributed by atoms with Gasteiger partial charge in [-0.1, -0.05) is 0 Å². The van der Waals surface area contributed by atoms with Crippen LogP contribution in [0.4, 0.5) is 0 Å². The summed E-state index contributed by atoms with van der Waals surface area (Å²) < 4.78 is 0. The van der Waals surface area contributed by atoms with E-state index in [1.807, 2.05) is 0 Å². The predicted molar refractivity (Wildman–Crippen MR) is 63.9 cm³/mol. The topological polar surface area (TPSA) is 162 Å². The molecule has 9 nitrogen and oxygen atoms in total. The monoisotopic (exact) mass is 277 g/mol. The van der Waals surface area contributed by atoms with Crippen LogP contribution in [0.3, 0.4) is 0 Å². The van der Waals surface area contributed by atoms with Crippen molar-refractivity contribution >= 4 is 17.8 Å². The Balaban J connectivity index is 4.49. The fourth-order valence-corrected chi connectivity index (χ4v) is 1.14. The van der Waals surface area contributed by atoms with Crippen LogP contribution in [0.1, 0.15) is 13.8 Å². The number of aliphatic hydroxyl groups is 2. The SMILES string of the molecule is C[C@H](NC(=O)[C@@H](N)CO)C(=O)N[C@H](C(=O)O)[C@@H](C)O. The van der Waals surface area contributed by atoms with E-state index in [0.717, 1.165) is 0 Å². The maximum absolute atomic E-state index is 11.6. The van der Waals surface area contributed by atoms with Crippen LogP contribution >= 0.6 is 0 Å². The molecule has 7 N–H and O–H groups in total. The Morgan fingerprint density at radius 2 is 1.68 bits per heavy atom. The molecular weight excluding hydrogens is 258 g/mol. The molecule has 2 amide bonds. The van der Waals surface area contributed by atoms with Crippen molar-refractivity contribution in [3.63, 3.8) is 0 Å². The number of carboxylic acid groups (broad SMARTS) is 1. The van der Waals surface area contributed by atoms with Crippen LogP contribution in [0.25, 0.3) is 0 Å². The van der Waals surface area contributed by atoms with Gasteiger partial charge in [-0.05, 0) is 13.8 Å². The number of hydrogen-bond donors (Lipinski definition) is 6. The summed E-state index contributed by atoms with van der Waals surface area (Å²) in [4.78, 5) is 33.7. The van der Waals surface area contributed by atoms with Crippen LogP contribution in [0, 0.1) is 0 Å². The summed E-state index contributed by atoms with van der Waals surface area (Å²) in [7, 11) is 0. The van der Waals surface area contributed by atoms with Gasteiger partial charge in [0, 0.05) is 0 Å². The van der Waals surface area contributed by atoms with Gasteiger partial charge in [-0.15, -0.1) is 0 Å². The van der Waals surface area contributed by atoms with Crippen molar-refractivity contribution < 1.29 is 29.7 Å². The first-order chi connectivity index (χ1) is 8.70. The summed E-state index contributed by atoms with van der Waals surface area (Å²) in [6.07, 6.45) is -1.29. The summed E-state index contributed by atoms with van der Waals surface area (Å²) >= 11 is 0. The van der Waals surface area contributed by atoms with E-state index < -0.39 is 48.6 Å². The molecule has 0 aromatic rings. The molecular formula is C10H19N3O6. The van der Waals surface area contributed by atoms with E-state index >= 15 is 0 Å². The number of aliphatic hydroxyl groups excluding tert-OH is 2. The van der Waals surface area contributed by atoms with Gasteiger partial charge in [0.05, 0.1) is 12.7 Å². The lowest BCUT2D eigenvalue weighted by Crippen LogP contribution is -2.56. The fraction of sp³-hybridized carbons (Fsp3) is 0.700. The van der Waals surface area contributed by atoms with E-state index in [4.69, 9.17) is 15.9 Å². The number of nitrogens with one attached hydrogen (secondary N) is 2. The van der Waals surface area contributed by atoms with Gasteiger partial charge in [-0.3, -0.25) is 9.59 Å². The molecule has 0 saturated heterocycles. The zero-order valence-electron chi connectivity index (χ0n) is 10.7. The molecule has 0 saturated carbocycles. The van der Waals surface area contributed by atoms with Crippen molar-refractivity contribution in [3.8, 4) is 0 Å². The largest absolute Gasteiger partial charge is 0.480 e. The molecule has 0 aromatic heterocycles. The maximum atomic E-state index is 11.6. The van der Waals surface area contributed by atoms with Gasteiger partial charge in [0.25, 0.3) is 0 Å². The number of carboxylic acids is 1. The van der Waals surface area contributed by atoms with Crippen LogP contribution in [0.5, 0.6) is 0 Å². The highest BCUT2D eigenvalue weighted by molar-refractivity contribution is 5.91. The third kappa shape index (κ3) is 5.64. The number of aliphatic carboxylic acids is 1. The Hall–Kier alpha value is -1.71. The lowest BCUT2D eigenvalue weighted by molar-refractivity contribution is -0.145. The van der Waals surface area contributed by atoms with Crippen molar-refractivity contribution in [2.45, 2.75) is 38.1 Å². The number of nitrogens with two attached hydrogens (primary N) is 1. The van der Waals surface area contributed by atoms with Crippen LogP contribution in [0.2, 0.25) is 0 Å². The molecule has 0 rings (SSSR count). The zero-order valence-corrected chi connectivity index (χ0v) is 10.7. The molecule has 0 aliphatic heterocycles. The van der Waals surface area contributed by atoms with E-state index in [0.29, 0.717) is 0 Å².